The van der Waals surface area contributed by atoms with Crippen LogP contribution in [0.1, 0.15) is 18.3 Å². The fourth-order valence-corrected chi connectivity index (χ4v) is 1.59. The number of benzene rings is 1. The molecule has 0 aliphatic heterocycles. The molecule has 0 saturated carbocycles. The van der Waals surface area contributed by atoms with Gasteiger partial charge in [-0.2, -0.15) is 4.98 Å². The van der Waals surface area contributed by atoms with E-state index in [2.05, 4.69) is 20.5 Å². The number of hydrogen-bond acceptors (Lipinski definition) is 5. The lowest BCUT2D eigenvalue weighted by Crippen LogP contribution is -2.08. The maximum Gasteiger partial charge on any atom is 0.313 e. The summed E-state index contributed by atoms with van der Waals surface area (Å²) >= 11 is 0. The first-order chi connectivity index (χ1) is 9.67. The van der Waals surface area contributed by atoms with E-state index in [0.717, 1.165) is 5.56 Å². The van der Waals surface area contributed by atoms with Gasteiger partial charge in [0.2, 0.25) is 5.95 Å². The van der Waals surface area contributed by atoms with Crippen LogP contribution in [0.3, 0.4) is 0 Å². The molecular formula is C13H15FN4O2. The van der Waals surface area contributed by atoms with Crippen LogP contribution in [0, 0.1) is 5.82 Å². The quantitative estimate of drug-likeness (QED) is 0.786. The summed E-state index contributed by atoms with van der Waals surface area (Å²) in [5.41, 5.74) is 0.906. The fraction of sp³-hybridized carbons (Fsp3) is 0.308. The standard InChI is InChI=1S/C13H15FN4O2/c1-2-20-12(19)7-11-16-13(18-17-11)15-8-9-3-5-10(14)6-4-9/h3-6H,2,7-8H2,1H3,(H2,15,16,17,18). The maximum atomic E-state index is 12.7. The molecule has 0 aliphatic rings. The van der Waals surface area contributed by atoms with Crippen LogP contribution in [0.2, 0.25) is 0 Å². The molecule has 0 saturated heterocycles. The molecule has 1 aromatic heterocycles. The molecule has 0 aliphatic carbocycles. The van der Waals surface area contributed by atoms with Crippen LogP contribution in [0.5, 0.6) is 0 Å². The number of H-pyrrole nitrogens is 1. The van der Waals surface area contributed by atoms with E-state index < -0.39 is 0 Å². The van der Waals surface area contributed by atoms with Gasteiger partial charge >= 0.3 is 5.97 Å². The number of hydrogen-bond donors (Lipinski definition) is 2. The highest BCUT2D eigenvalue weighted by atomic mass is 19.1. The van der Waals surface area contributed by atoms with Gasteiger partial charge in [0.1, 0.15) is 18.1 Å². The van der Waals surface area contributed by atoms with Gasteiger partial charge in [0.25, 0.3) is 0 Å². The van der Waals surface area contributed by atoms with Gasteiger partial charge in [0.15, 0.2) is 0 Å². The molecule has 106 valence electrons. The largest absolute Gasteiger partial charge is 0.466 e. The molecule has 0 spiro atoms. The summed E-state index contributed by atoms with van der Waals surface area (Å²) < 4.78 is 17.6. The number of ether oxygens (including phenoxy) is 1. The molecule has 2 N–H and O–H groups in total. The summed E-state index contributed by atoms with van der Waals surface area (Å²) in [6.45, 7) is 2.55. The predicted octanol–water partition coefficient (Wildman–Crippen LogP) is 1.66. The predicted molar refractivity (Wildman–Crippen MR) is 70.4 cm³/mol. The van der Waals surface area contributed by atoms with Crippen molar-refractivity contribution in [3.05, 3.63) is 41.5 Å². The summed E-state index contributed by atoms with van der Waals surface area (Å²) in [6.07, 6.45) is 0.0546. The molecule has 0 bridgehead atoms. The second-order valence-electron chi connectivity index (χ2n) is 4.07. The number of aromatic nitrogens is 3. The molecular weight excluding hydrogens is 263 g/mol. The van der Waals surface area contributed by atoms with E-state index in [-0.39, 0.29) is 18.2 Å². The van der Waals surface area contributed by atoms with Crippen molar-refractivity contribution >= 4 is 11.9 Å². The van der Waals surface area contributed by atoms with E-state index >= 15 is 0 Å². The number of nitrogens with zero attached hydrogens (tertiary/aromatic N) is 2. The van der Waals surface area contributed by atoms with Crippen molar-refractivity contribution in [2.45, 2.75) is 19.9 Å². The Morgan fingerprint density at radius 1 is 1.40 bits per heavy atom. The van der Waals surface area contributed by atoms with Gasteiger partial charge in [0, 0.05) is 6.54 Å². The number of anilines is 1. The average molecular weight is 278 g/mol. The zero-order chi connectivity index (χ0) is 14.4. The number of nitrogens with one attached hydrogen (secondary N) is 2. The van der Waals surface area contributed by atoms with E-state index in [0.29, 0.717) is 24.9 Å². The van der Waals surface area contributed by atoms with E-state index in [4.69, 9.17) is 4.74 Å². The third-order valence-corrected chi connectivity index (χ3v) is 2.51. The van der Waals surface area contributed by atoms with Crippen molar-refractivity contribution < 1.29 is 13.9 Å². The summed E-state index contributed by atoms with van der Waals surface area (Å²) in [6, 6.07) is 6.13. The number of carbonyl (C=O) groups is 1. The van der Waals surface area contributed by atoms with Crippen LogP contribution in [-0.4, -0.2) is 27.8 Å². The third kappa shape index (κ3) is 4.04. The van der Waals surface area contributed by atoms with E-state index in [1.54, 1.807) is 19.1 Å². The Hall–Kier alpha value is -2.44. The number of halogens is 1. The lowest BCUT2D eigenvalue weighted by atomic mass is 10.2. The van der Waals surface area contributed by atoms with Gasteiger partial charge in [-0.15, -0.1) is 5.10 Å². The minimum atomic E-state index is -0.353. The third-order valence-electron chi connectivity index (χ3n) is 2.51. The Morgan fingerprint density at radius 2 is 2.15 bits per heavy atom. The summed E-state index contributed by atoms with van der Waals surface area (Å²) in [5, 5.41) is 9.57. The second kappa shape index (κ2) is 6.65. The topological polar surface area (TPSA) is 79.9 Å². The normalized spacial score (nSPS) is 10.3. The smallest absolute Gasteiger partial charge is 0.313 e. The van der Waals surface area contributed by atoms with Gasteiger partial charge in [-0.25, -0.2) is 4.39 Å². The van der Waals surface area contributed by atoms with Crippen molar-refractivity contribution in [2.75, 3.05) is 11.9 Å². The number of aromatic amines is 1. The zero-order valence-corrected chi connectivity index (χ0v) is 11.0. The van der Waals surface area contributed by atoms with Crippen molar-refractivity contribution in [3.63, 3.8) is 0 Å². The van der Waals surface area contributed by atoms with Crippen molar-refractivity contribution in [1.82, 2.24) is 15.2 Å². The molecule has 0 atom stereocenters. The van der Waals surface area contributed by atoms with Gasteiger partial charge in [-0.05, 0) is 24.6 Å². The highest BCUT2D eigenvalue weighted by Gasteiger charge is 2.08. The Kier molecular flexibility index (Phi) is 4.65. The molecule has 0 fully saturated rings. The van der Waals surface area contributed by atoms with Crippen LogP contribution >= 0.6 is 0 Å². The first-order valence-corrected chi connectivity index (χ1v) is 6.22. The van der Waals surface area contributed by atoms with Crippen LogP contribution in [0.15, 0.2) is 24.3 Å². The minimum absolute atomic E-state index is 0.0546. The number of esters is 1. The SMILES string of the molecule is CCOC(=O)Cc1nc(NCc2ccc(F)cc2)n[nH]1. The number of rotatable bonds is 6. The monoisotopic (exact) mass is 278 g/mol. The molecule has 2 rings (SSSR count). The average Bonchev–Trinajstić information content (AvgIpc) is 2.86. The first-order valence-electron chi connectivity index (χ1n) is 6.22. The molecule has 0 unspecified atom stereocenters. The van der Waals surface area contributed by atoms with Gasteiger partial charge < -0.3 is 10.1 Å². The molecule has 1 aromatic carbocycles. The van der Waals surface area contributed by atoms with Crippen LogP contribution in [0.4, 0.5) is 10.3 Å². The summed E-state index contributed by atoms with van der Waals surface area (Å²) in [4.78, 5) is 15.4. The first kappa shape index (κ1) is 14.0. The Balaban J connectivity index is 1.86. The molecule has 2 aromatic rings. The maximum absolute atomic E-state index is 12.7. The van der Waals surface area contributed by atoms with Gasteiger partial charge in [0.05, 0.1) is 6.61 Å². The van der Waals surface area contributed by atoms with Gasteiger partial charge in [-0.3, -0.25) is 9.89 Å². The van der Waals surface area contributed by atoms with Crippen LogP contribution in [0.25, 0.3) is 0 Å². The zero-order valence-electron chi connectivity index (χ0n) is 11.0. The molecule has 0 radical (unpaired) electrons. The van der Waals surface area contributed by atoms with Crippen molar-refractivity contribution in [3.8, 4) is 0 Å². The molecule has 6 nitrogen and oxygen atoms in total. The van der Waals surface area contributed by atoms with E-state index in [1.165, 1.54) is 12.1 Å². The Morgan fingerprint density at radius 3 is 2.85 bits per heavy atom. The van der Waals surface area contributed by atoms with Crippen LogP contribution in [-0.2, 0) is 22.5 Å². The summed E-state index contributed by atoms with van der Waals surface area (Å²) in [7, 11) is 0. The van der Waals surface area contributed by atoms with E-state index in [9.17, 15) is 9.18 Å². The van der Waals surface area contributed by atoms with E-state index in [1.807, 2.05) is 0 Å². The van der Waals surface area contributed by atoms with Gasteiger partial charge in [-0.1, -0.05) is 12.1 Å². The van der Waals surface area contributed by atoms with Crippen molar-refractivity contribution in [2.24, 2.45) is 0 Å². The summed E-state index contributed by atoms with van der Waals surface area (Å²) in [5.74, 6) is 0.191. The van der Waals surface area contributed by atoms with Crippen molar-refractivity contribution in [1.29, 1.82) is 0 Å². The molecule has 1 heterocycles. The fourth-order valence-electron chi connectivity index (χ4n) is 1.59. The lowest BCUT2D eigenvalue weighted by molar-refractivity contribution is -0.142. The Labute approximate surface area is 115 Å². The molecule has 7 heteroatoms. The molecule has 0 amide bonds. The highest BCUT2D eigenvalue weighted by molar-refractivity contribution is 5.71. The second-order valence-corrected chi connectivity index (χ2v) is 4.07. The highest BCUT2D eigenvalue weighted by Crippen LogP contribution is 2.06. The lowest BCUT2D eigenvalue weighted by Gasteiger charge is -2.01. The minimum Gasteiger partial charge on any atom is -0.466 e. The Bertz CT molecular complexity index is 568. The van der Waals surface area contributed by atoms with Crippen LogP contribution < -0.4 is 5.32 Å². The number of carbonyl (C=O) groups excluding carboxylic acids is 1. The molecule has 20 heavy (non-hydrogen) atoms.